The first-order valence-corrected chi connectivity index (χ1v) is 5.83. The molecule has 1 aromatic heterocycles. The molecule has 1 heterocycles. The number of methoxy groups -OCH3 is 1. The van der Waals surface area contributed by atoms with Crippen LogP contribution in [-0.4, -0.2) is 12.9 Å². The van der Waals surface area contributed by atoms with Crippen LogP contribution in [0.5, 0.6) is 5.75 Å². The molecule has 0 fully saturated rings. The van der Waals surface area contributed by atoms with Gasteiger partial charge in [-0.3, -0.25) is 4.79 Å². The zero-order valence-corrected chi connectivity index (χ0v) is 10.0. The molecule has 0 unspecified atom stereocenters. The lowest BCUT2D eigenvalue weighted by molar-refractivity contribution is 0.104. The summed E-state index contributed by atoms with van der Waals surface area (Å²) in [7, 11) is 1.61. The van der Waals surface area contributed by atoms with Crippen molar-refractivity contribution in [3.8, 4) is 5.75 Å². The van der Waals surface area contributed by atoms with Crippen LogP contribution in [0.15, 0.2) is 35.7 Å². The summed E-state index contributed by atoms with van der Waals surface area (Å²) in [5.41, 5.74) is 1.70. The van der Waals surface area contributed by atoms with Crippen LogP contribution in [0.2, 0.25) is 0 Å². The zero-order valence-electron chi connectivity index (χ0n) is 9.19. The van der Waals surface area contributed by atoms with Gasteiger partial charge < -0.3 is 4.74 Å². The number of ketones is 1. The summed E-state index contributed by atoms with van der Waals surface area (Å²) in [6.45, 7) is 1.96. The monoisotopic (exact) mass is 232 g/mol. The Morgan fingerprint density at radius 2 is 2.12 bits per heavy atom. The standard InChI is InChI=1S/C13H12O2S/c1-9-5-6-10(8-11(9)15-2)13(14)12-4-3-7-16-12/h3-8H,1-2H3. The molecule has 0 aliphatic carbocycles. The van der Waals surface area contributed by atoms with E-state index in [0.717, 1.165) is 16.2 Å². The van der Waals surface area contributed by atoms with E-state index in [1.165, 1.54) is 11.3 Å². The molecule has 3 heteroatoms. The van der Waals surface area contributed by atoms with Gasteiger partial charge in [0.05, 0.1) is 12.0 Å². The Labute approximate surface area is 98.5 Å². The molecular weight excluding hydrogens is 220 g/mol. The molecule has 0 aliphatic heterocycles. The third kappa shape index (κ3) is 1.99. The Morgan fingerprint density at radius 3 is 2.75 bits per heavy atom. The summed E-state index contributed by atoms with van der Waals surface area (Å²) in [5.74, 6) is 0.802. The van der Waals surface area contributed by atoms with Crippen molar-refractivity contribution in [1.29, 1.82) is 0 Å². The number of benzene rings is 1. The van der Waals surface area contributed by atoms with Gasteiger partial charge in [-0.1, -0.05) is 18.2 Å². The summed E-state index contributed by atoms with van der Waals surface area (Å²) in [6, 6.07) is 9.24. The molecule has 82 valence electrons. The van der Waals surface area contributed by atoms with E-state index in [4.69, 9.17) is 4.74 Å². The Bertz CT molecular complexity index is 501. The van der Waals surface area contributed by atoms with E-state index < -0.39 is 0 Å². The maximum Gasteiger partial charge on any atom is 0.203 e. The van der Waals surface area contributed by atoms with Crippen LogP contribution in [0, 0.1) is 6.92 Å². The van der Waals surface area contributed by atoms with E-state index in [0.29, 0.717) is 5.56 Å². The molecule has 0 radical (unpaired) electrons. The molecule has 2 aromatic rings. The van der Waals surface area contributed by atoms with Crippen LogP contribution < -0.4 is 4.74 Å². The minimum atomic E-state index is 0.0494. The lowest BCUT2D eigenvalue weighted by Crippen LogP contribution is -1.99. The Hall–Kier alpha value is -1.61. The van der Waals surface area contributed by atoms with Crippen molar-refractivity contribution >= 4 is 17.1 Å². The van der Waals surface area contributed by atoms with Gasteiger partial charge >= 0.3 is 0 Å². The van der Waals surface area contributed by atoms with Crippen LogP contribution in [0.3, 0.4) is 0 Å². The minimum absolute atomic E-state index is 0.0494. The van der Waals surface area contributed by atoms with E-state index in [1.54, 1.807) is 13.2 Å². The summed E-state index contributed by atoms with van der Waals surface area (Å²) in [6.07, 6.45) is 0. The second-order valence-electron chi connectivity index (χ2n) is 3.49. The molecule has 0 saturated carbocycles. The number of hydrogen-bond donors (Lipinski definition) is 0. The fourth-order valence-corrected chi connectivity index (χ4v) is 2.20. The normalized spacial score (nSPS) is 10.1. The van der Waals surface area contributed by atoms with Crippen molar-refractivity contribution in [2.24, 2.45) is 0 Å². The van der Waals surface area contributed by atoms with Crippen LogP contribution in [0.1, 0.15) is 20.8 Å². The second kappa shape index (κ2) is 4.49. The summed E-state index contributed by atoms with van der Waals surface area (Å²) in [5, 5.41) is 1.90. The molecule has 0 saturated heterocycles. The Morgan fingerprint density at radius 1 is 1.31 bits per heavy atom. The highest BCUT2D eigenvalue weighted by atomic mass is 32.1. The molecule has 2 rings (SSSR count). The van der Waals surface area contributed by atoms with Gasteiger partial charge in [0, 0.05) is 5.56 Å². The molecule has 16 heavy (non-hydrogen) atoms. The zero-order chi connectivity index (χ0) is 11.5. The van der Waals surface area contributed by atoms with Gasteiger partial charge in [-0.25, -0.2) is 0 Å². The fraction of sp³-hybridized carbons (Fsp3) is 0.154. The van der Waals surface area contributed by atoms with E-state index in [2.05, 4.69) is 0 Å². The van der Waals surface area contributed by atoms with Gasteiger partial charge in [-0.05, 0) is 30.0 Å². The van der Waals surface area contributed by atoms with Crippen LogP contribution in [-0.2, 0) is 0 Å². The van der Waals surface area contributed by atoms with Gasteiger partial charge in [0.1, 0.15) is 5.75 Å². The van der Waals surface area contributed by atoms with Crippen molar-refractivity contribution in [3.63, 3.8) is 0 Å². The van der Waals surface area contributed by atoms with Gasteiger partial charge in [-0.15, -0.1) is 11.3 Å². The highest BCUT2D eigenvalue weighted by molar-refractivity contribution is 7.12. The van der Waals surface area contributed by atoms with Crippen molar-refractivity contribution < 1.29 is 9.53 Å². The number of ether oxygens (including phenoxy) is 1. The minimum Gasteiger partial charge on any atom is -0.496 e. The highest BCUT2D eigenvalue weighted by Gasteiger charge is 2.11. The van der Waals surface area contributed by atoms with Crippen LogP contribution in [0.25, 0.3) is 0 Å². The Balaban J connectivity index is 2.38. The van der Waals surface area contributed by atoms with E-state index in [9.17, 15) is 4.79 Å². The maximum atomic E-state index is 12.0. The third-order valence-electron chi connectivity index (χ3n) is 2.42. The SMILES string of the molecule is COc1cc(C(=O)c2cccs2)ccc1C. The summed E-state index contributed by atoms with van der Waals surface area (Å²) in [4.78, 5) is 12.8. The molecule has 0 N–H and O–H groups in total. The molecule has 0 spiro atoms. The highest BCUT2D eigenvalue weighted by Crippen LogP contribution is 2.22. The molecule has 0 aliphatic rings. The van der Waals surface area contributed by atoms with E-state index in [-0.39, 0.29) is 5.78 Å². The first-order valence-electron chi connectivity index (χ1n) is 4.95. The third-order valence-corrected chi connectivity index (χ3v) is 3.28. The van der Waals surface area contributed by atoms with Crippen LogP contribution in [0.4, 0.5) is 0 Å². The smallest absolute Gasteiger partial charge is 0.203 e. The molecular formula is C13H12O2S. The van der Waals surface area contributed by atoms with Crippen molar-refractivity contribution in [1.82, 2.24) is 0 Å². The topological polar surface area (TPSA) is 26.3 Å². The molecule has 0 amide bonds. The van der Waals surface area contributed by atoms with E-state index in [1.807, 2.05) is 36.6 Å². The van der Waals surface area contributed by atoms with Crippen molar-refractivity contribution in [3.05, 3.63) is 51.7 Å². The fourth-order valence-electron chi connectivity index (χ4n) is 1.51. The average molecular weight is 232 g/mol. The molecule has 0 atom stereocenters. The number of aryl methyl sites for hydroxylation is 1. The van der Waals surface area contributed by atoms with Gasteiger partial charge in [0.2, 0.25) is 5.78 Å². The quantitative estimate of drug-likeness (QED) is 0.759. The average Bonchev–Trinajstić information content (AvgIpc) is 2.82. The van der Waals surface area contributed by atoms with E-state index >= 15 is 0 Å². The molecule has 0 bridgehead atoms. The number of thiophene rings is 1. The Kier molecular flexibility index (Phi) is 3.06. The summed E-state index contributed by atoms with van der Waals surface area (Å²) >= 11 is 1.45. The predicted molar refractivity (Wildman–Crippen MR) is 65.5 cm³/mol. The number of rotatable bonds is 3. The number of carbonyl (C=O) groups excluding carboxylic acids is 1. The lowest BCUT2D eigenvalue weighted by atomic mass is 10.1. The van der Waals surface area contributed by atoms with Gasteiger partial charge in [0.15, 0.2) is 0 Å². The van der Waals surface area contributed by atoms with Crippen LogP contribution >= 0.6 is 11.3 Å². The van der Waals surface area contributed by atoms with Gasteiger partial charge in [-0.2, -0.15) is 0 Å². The largest absolute Gasteiger partial charge is 0.496 e. The molecule has 2 nitrogen and oxygen atoms in total. The van der Waals surface area contributed by atoms with Crippen molar-refractivity contribution in [2.75, 3.05) is 7.11 Å². The number of carbonyl (C=O) groups is 1. The van der Waals surface area contributed by atoms with Crippen molar-refractivity contribution in [2.45, 2.75) is 6.92 Å². The molecule has 1 aromatic carbocycles. The first-order chi connectivity index (χ1) is 7.72. The van der Waals surface area contributed by atoms with Gasteiger partial charge in [0.25, 0.3) is 0 Å². The maximum absolute atomic E-state index is 12.0. The lowest BCUT2D eigenvalue weighted by Gasteiger charge is -2.06. The predicted octanol–water partition coefficient (Wildman–Crippen LogP) is 3.30. The number of hydrogen-bond acceptors (Lipinski definition) is 3. The first kappa shape index (κ1) is 10.9. The second-order valence-corrected chi connectivity index (χ2v) is 4.44. The summed E-state index contributed by atoms with van der Waals surface area (Å²) < 4.78 is 5.20.